The van der Waals surface area contributed by atoms with Crippen LogP contribution in [0.5, 0.6) is 0 Å². The molecule has 0 saturated heterocycles. The molecule has 0 unspecified atom stereocenters. The highest BCUT2D eigenvalue weighted by molar-refractivity contribution is 6.31. The van der Waals surface area contributed by atoms with E-state index in [-0.39, 0.29) is 11.9 Å². The average molecular weight is 232 g/mol. The Morgan fingerprint density at radius 2 is 2.27 bits per heavy atom. The Morgan fingerprint density at radius 1 is 1.53 bits per heavy atom. The Kier molecular flexibility index (Phi) is 5.02. The van der Waals surface area contributed by atoms with Crippen molar-refractivity contribution < 1.29 is 9.13 Å². The van der Waals surface area contributed by atoms with Crippen LogP contribution in [0.2, 0.25) is 5.02 Å². The Bertz CT molecular complexity index is 299. The van der Waals surface area contributed by atoms with Gasteiger partial charge in [-0.25, -0.2) is 4.39 Å². The van der Waals surface area contributed by atoms with Crippen molar-refractivity contribution in [1.82, 2.24) is 5.32 Å². The summed E-state index contributed by atoms with van der Waals surface area (Å²) in [6.07, 6.45) is 0. The monoisotopic (exact) mass is 231 g/mol. The van der Waals surface area contributed by atoms with E-state index < -0.39 is 0 Å². The molecular formula is C11H15ClFNO. The molecule has 0 spiro atoms. The quantitative estimate of drug-likeness (QED) is 0.787. The minimum atomic E-state index is -0.278. The summed E-state index contributed by atoms with van der Waals surface area (Å²) in [6.45, 7) is 3.14. The highest BCUT2D eigenvalue weighted by atomic mass is 35.5. The molecule has 84 valence electrons. The van der Waals surface area contributed by atoms with E-state index >= 15 is 0 Å². The molecule has 0 aliphatic carbocycles. The van der Waals surface area contributed by atoms with Gasteiger partial charge in [0.2, 0.25) is 0 Å². The van der Waals surface area contributed by atoms with E-state index in [0.717, 1.165) is 0 Å². The van der Waals surface area contributed by atoms with Crippen molar-refractivity contribution in [3.8, 4) is 0 Å². The van der Waals surface area contributed by atoms with Crippen molar-refractivity contribution in [3.63, 3.8) is 0 Å². The first-order valence-corrected chi connectivity index (χ1v) is 5.21. The fourth-order valence-corrected chi connectivity index (χ4v) is 1.73. The van der Waals surface area contributed by atoms with E-state index in [1.54, 1.807) is 19.2 Å². The first-order chi connectivity index (χ1) is 7.16. The first-order valence-electron chi connectivity index (χ1n) is 4.83. The zero-order valence-corrected chi connectivity index (χ0v) is 9.64. The van der Waals surface area contributed by atoms with Crippen molar-refractivity contribution >= 4 is 11.6 Å². The van der Waals surface area contributed by atoms with Crippen LogP contribution < -0.4 is 5.32 Å². The SMILES string of the molecule is COCCN[C@H](C)c1c(F)cccc1Cl. The zero-order valence-electron chi connectivity index (χ0n) is 8.89. The summed E-state index contributed by atoms with van der Waals surface area (Å²) in [5.41, 5.74) is 0.510. The molecule has 1 N–H and O–H groups in total. The van der Waals surface area contributed by atoms with Crippen LogP contribution in [0.1, 0.15) is 18.5 Å². The van der Waals surface area contributed by atoms with Crippen LogP contribution in [0.15, 0.2) is 18.2 Å². The summed E-state index contributed by atoms with van der Waals surface area (Å²) in [4.78, 5) is 0. The molecule has 2 nitrogen and oxygen atoms in total. The second-order valence-electron chi connectivity index (χ2n) is 3.30. The molecule has 1 aromatic carbocycles. The number of benzene rings is 1. The van der Waals surface area contributed by atoms with Crippen LogP contribution in [0, 0.1) is 5.82 Å². The maximum Gasteiger partial charge on any atom is 0.129 e. The third kappa shape index (κ3) is 3.45. The molecule has 1 aromatic rings. The van der Waals surface area contributed by atoms with Crippen molar-refractivity contribution in [2.24, 2.45) is 0 Å². The largest absolute Gasteiger partial charge is 0.383 e. The molecule has 0 aliphatic rings. The Balaban J connectivity index is 2.68. The van der Waals surface area contributed by atoms with Gasteiger partial charge >= 0.3 is 0 Å². The Hall–Kier alpha value is -0.640. The van der Waals surface area contributed by atoms with Crippen LogP contribution in [0.25, 0.3) is 0 Å². The van der Waals surface area contributed by atoms with Gasteiger partial charge in [-0.15, -0.1) is 0 Å². The highest BCUT2D eigenvalue weighted by Crippen LogP contribution is 2.25. The number of hydrogen-bond acceptors (Lipinski definition) is 2. The number of nitrogens with one attached hydrogen (secondary N) is 1. The average Bonchev–Trinajstić information content (AvgIpc) is 2.18. The number of hydrogen-bond donors (Lipinski definition) is 1. The molecule has 0 fully saturated rings. The van der Waals surface area contributed by atoms with E-state index in [4.69, 9.17) is 16.3 Å². The zero-order chi connectivity index (χ0) is 11.3. The van der Waals surface area contributed by atoms with Crippen molar-refractivity contribution in [1.29, 1.82) is 0 Å². The lowest BCUT2D eigenvalue weighted by Gasteiger charge is -2.16. The number of methoxy groups -OCH3 is 1. The molecule has 0 saturated carbocycles. The van der Waals surface area contributed by atoms with Crippen LogP contribution in [-0.4, -0.2) is 20.3 Å². The lowest BCUT2D eigenvalue weighted by Crippen LogP contribution is -2.23. The molecule has 1 rings (SSSR count). The summed E-state index contributed by atoms with van der Waals surface area (Å²) in [5, 5.41) is 3.58. The number of rotatable bonds is 5. The van der Waals surface area contributed by atoms with Gasteiger partial charge in [0.15, 0.2) is 0 Å². The lowest BCUT2D eigenvalue weighted by atomic mass is 10.1. The van der Waals surface area contributed by atoms with Crippen LogP contribution in [0.4, 0.5) is 4.39 Å². The van der Waals surface area contributed by atoms with Gasteiger partial charge in [-0.05, 0) is 19.1 Å². The van der Waals surface area contributed by atoms with Gasteiger partial charge in [-0.2, -0.15) is 0 Å². The predicted molar refractivity (Wildman–Crippen MR) is 59.7 cm³/mol. The van der Waals surface area contributed by atoms with E-state index in [0.29, 0.717) is 23.7 Å². The highest BCUT2D eigenvalue weighted by Gasteiger charge is 2.13. The predicted octanol–water partition coefficient (Wildman–Crippen LogP) is 2.78. The normalized spacial score (nSPS) is 12.8. The lowest BCUT2D eigenvalue weighted by molar-refractivity contribution is 0.196. The molecule has 0 aromatic heterocycles. The third-order valence-electron chi connectivity index (χ3n) is 2.19. The van der Waals surface area contributed by atoms with Gasteiger partial charge in [0, 0.05) is 30.3 Å². The second-order valence-corrected chi connectivity index (χ2v) is 3.71. The second kappa shape index (κ2) is 6.05. The fraction of sp³-hybridized carbons (Fsp3) is 0.455. The number of halogens is 2. The van der Waals surface area contributed by atoms with E-state index in [9.17, 15) is 4.39 Å². The van der Waals surface area contributed by atoms with Crippen molar-refractivity contribution in [2.75, 3.05) is 20.3 Å². The molecule has 0 amide bonds. The molecule has 0 bridgehead atoms. The first kappa shape index (κ1) is 12.4. The molecule has 0 radical (unpaired) electrons. The Labute approximate surface area is 94.4 Å². The Morgan fingerprint density at radius 3 is 2.87 bits per heavy atom. The van der Waals surface area contributed by atoms with Gasteiger partial charge in [0.05, 0.1) is 6.61 Å². The van der Waals surface area contributed by atoms with Crippen LogP contribution in [0.3, 0.4) is 0 Å². The molecule has 15 heavy (non-hydrogen) atoms. The van der Waals surface area contributed by atoms with Gasteiger partial charge in [0.1, 0.15) is 5.82 Å². The minimum Gasteiger partial charge on any atom is -0.383 e. The molecular weight excluding hydrogens is 217 g/mol. The van der Waals surface area contributed by atoms with E-state index in [2.05, 4.69) is 5.32 Å². The van der Waals surface area contributed by atoms with Gasteiger partial charge in [-0.1, -0.05) is 17.7 Å². The van der Waals surface area contributed by atoms with Crippen LogP contribution >= 0.6 is 11.6 Å². The van der Waals surface area contributed by atoms with Gasteiger partial charge in [-0.3, -0.25) is 0 Å². The summed E-state index contributed by atoms with van der Waals surface area (Å²) in [7, 11) is 1.63. The topological polar surface area (TPSA) is 21.3 Å². The van der Waals surface area contributed by atoms with Crippen molar-refractivity contribution in [2.45, 2.75) is 13.0 Å². The molecule has 0 aliphatic heterocycles. The summed E-state index contributed by atoms with van der Waals surface area (Å²) >= 11 is 5.93. The molecule has 4 heteroatoms. The molecule has 0 heterocycles. The van der Waals surface area contributed by atoms with Crippen molar-refractivity contribution in [3.05, 3.63) is 34.6 Å². The smallest absolute Gasteiger partial charge is 0.129 e. The third-order valence-corrected chi connectivity index (χ3v) is 2.52. The molecule has 1 atom stereocenters. The number of ether oxygens (including phenoxy) is 1. The van der Waals surface area contributed by atoms with Gasteiger partial charge in [0.25, 0.3) is 0 Å². The maximum atomic E-state index is 13.5. The standard InChI is InChI=1S/C11H15ClFNO/c1-8(14-6-7-15-2)11-9(12)4-3-5-10(11)13/h3-5,8,14H,6-7H2,1-2H3/t8-/m1/s1. The summed E-state index contributed by atoms with van der Waals surface area (Å²) in [6, 6.07) is 4.58. The van der Waals surface area contributed by atoms with E-state index in [1.807, 2.05) is 6.92 Å². The van der Waals surface area contributed by atoms with E-state index in [1.165, 1.54) is 6.07 Å². The van der Waals surface area contributed by atoms with Gasteiger partial charge < -0.3 is 10.1 Å². The van der Waals surface area contributed by atoms with Crippen LogP contribution in [-0.2, 0) is 4.74 Å². The maximum absolute atomic E-state index is 13.5. The summed E-state index contributed by atoms with van der Waals surface area (Å²) < 4.78 is 18.4. The minimum absolute atomic E-state index is 0.117. The fourth-order valence-electron chi connectivity index (χ4n) is 1.40. The summed E-state index contributed by atoms with van der Waals surface area (Å²) in [5.74, 6) is -0.278.